The summed E-state index contributed by atoms with van der Waals surface area (Å²) < 4.78 is 7.27. The molecule has 1 amide bonds. The molecule has 0 N–H and O–H groups in total. The maximum atomic E-state index is 12.7. The summed E-state index contributed by atoms with van der Waals surface area (Å²) >= 11 is 1.42. The topological polar surface area (TPSA) is 60.2 Å². The van der Waals surface area contributed by atoms with E-state index in [4.69, 9.17) is 4.74 Å². The Morgan fingerprint density at radius 1 is 1.28 bits per heavy atom. The second kappa shape index (κ2) is 7.91. The Morgan fingerprint density at radius 2 is 2.00 bits per heavy atom. The van der Waals surface area contributed by atoms with E-state index in [0.717, 1.165) is 24.3 Å². The first-order valence-electron chi connectivity index (χ1n) is 8.59. The van der Waals surface area contributed by atoms with Crippen molar-refractivity contribution in [2.45, 2.75) is 50.4 Å². The number of nitrogens with zero attached hydrogens (tertiary/aromatic N) is 4. The molecule has 7 heteroatoms. The molecule has 134 valence electrons. The van der Waals surface area contributed by atoms with Crippen molar-refractivity contribution < 1.29 is 9.53 Å². The maximum absolute atomic E-state index is 12.7. The minimum absolute atomic E-state index is 0.166. The molecule has 1 saturated heterocycles. The number of methoxy groups -OCH3 is 1. The second-order valence-electron chi connectivity index (χ2n) is 6.37. The second-order valence-corrected chi connectivity index (χ2v) is 7.32. The van der Waals surface area contributed by atoms with Crippen molar-refractivity contribution in [2.24, 2.45) is 0 Å². The molecular formula is C18H24N4O2S. The van der Waals surface area contributed by atoms with Gasteiger partial charge < -0.3 is 9.64 Å². The number of amides is 1. The molecule has 0 unspecified atom stereocenters. The van der Waals surface area contributed by atoms with E-state index in [9.17, 15) is 4.79 Å². The van der Waals surface area contributed by atoms with Gasteiger partial charge in [-0.25, -0.2) is 0 Å². The molecule has 2 aromatic rings. The zero-order chi connectivity index (χ0) is 17.8. The fourth-order valence-corrected chi connectivity index (χ4v) is 4.22. The van der Waals surface area contributed by atoms with Gasteiger partial charge in [-0.05, 0) is 45.2 Å². The van der Waals surface area contributed by atoms with Gasteiger partial charge in [0.25, 0.3) is 0 Å². The number of benzene rings is 1. The molecule has 2 heterocycles. The molecule has 2 atom stereocenters. The number of likely N-dealkylation sites (tertiary alicyclic amines) is 1. The normalized spacial score (nSPS) is 20.5. The highest BCUT2D eigenvalue weighted by atomic mass is 32.2. The Morgan fingerprint density at radius 3 is 2.72 bits per heavy atom. The molecule has 1 fully saturated rings. The Labute approximate surface area is 152 Å². The lowest BCUT2D eigenvalue weighted by Crippen LogP contribution is -2.48. The molecule has 0 saturated carbocycles. The van der Waals surface area contributed by atoms with E-state index in [-0.39, 0.29) is 5.91 Å². The molecule has 0 spiro atoms. The van der Waals surface area contributed by atoms with Gasteiger partial charge in [-0.1, -0.05) is 23.9 Å². The van der Waals surface area contributed by atoms with Crippen molar-refractivity contribution >= 4 is 17.7 Å². The quantitative estimate of drug-likeness (QED) is 0.767. The average Bonchev–Trinajstić information content (AvgIpc) is 3.08. The number of thioether (sulfide) groups is 1. The van der Waals surface area contributed by atoms with Crippen molar-refractivity contribution in [3.05, 3.63) is 30.6 Å². The van der Waals surface area contributed by atoms with Crippen LogP contribution in [-0.2, 0) is 4.79 Å². The highest BCUT2D eigenvalue weighted by Crippen LogP contribution is 2.28. The zero-order valence-corrected chi connectivity index (χ0v) is 15.7. The highest BCUT2D eigenvalue weighted by Gasteiger charge is 2.29. The number of aromatic nitrogens is 3. The Balaban J connectivity index is 1.73. The molecule has 0 bridgehead atoms. The summed E-state index contributed by atoms with van der Waals surface area (Å²) in [6.07, 6.45) is 5.01. The molecule has 1 aliphatic heterocycles. The molecule has 1 aromatic heterocycles. The van der Waals surface area contributed by atoms with Gasteiger partial charge in [0.15, 0.2) is 5.16 Å². The number of carbonyl (C=O) groups is 1. The standard InChI is InChI=1S/C18H24N4O2S/c1-13-7-6-8-14(2)22(13)17(23)11-25-18-20-19-12-21(18)15-9-4-5-10-16(15)24-3/h4-5,9-10,12-14H,6-8,11H2,1-3H3/t13-,14+. The van der Waals surface area contributed by atoms with Crippen LogP contribution in [0.4, 0.5) is 0 Å². The molecule has 0 aliphatic carbocycles. The third-order valence-corrected chi connectivity index (χ3v) is 5.60. The van der Waals surface area contributed by atoms with Gasteiger partial charge in [0.05, 0.1) is 18.6 Å². The molecule has 25 heavy (non-hydrogen) atoms. The van der Waals surface area contributed by atoms with E-state index in [1.165, 1.54) is 18.2 Å². The van der Waals surface area contributed by atoms with Crippen molar-refractivity contribution in [1.82, 2.24) is 19.7 Å². The fourth-order valence-electron chi connectivity index (χ4n) is 3.43. The number of carbonyl (C=O) groups excluding carboxylic acids is 1. The zero-order valence-electron chi connectivity index (χ0n) is 14.9. The van der Waals surface area contributed by atoms with Crippen LogP contribution in [0, 0.1) is 0 Å². The van der Waals surface area contributed by atoms with Crippen molar-refractivity contribution in [3.63, 3.8) is 0 Å². The Bertz CT molecular complexity index is 723. The third-order valence-electron chi connectivity index (χ3n) is 4.67. The molecule has 0 radical (unpaired) electrons. The van der Waals surface area contributed by atoms with Gasteiger partial charge in [-0.15, -0.1) is 10.2 Å². The fraction of sp³-hybridized carbons (Fsp3) is 0.500. The molecule has 3 rings (SSSR count). The largest absolute Gasteiger partial charge is 0.495 e. The van der Waals surface area contributed by atoms with Crippen LogP contribution < -0.4 is 4.74 Å². The molecule has 6 nitrogen and oxygen atoms in total. The minimum atomic E-state index is 0.166. The van der Waals surface area contributed by atoms with E-state index in [0.29, 0.717) is 23.0 Å². The number of hydrogen-bond donors (Lipinski definition) is 0. The van der Waals surface area contributed by atoms with Crippen LogP contribution in [0.3, 0.4) is 0 Å². The van der Waals surface area contributed by atoms with Crippen LogP contribution in [0.15, 0.2) is 35.7 Å². The lowest BCUT2D eigenvalue weighted by Gasteiger charge is -2.39. The van der Waals surface area contributed by atoms with E-state index >= 15 is 0 Å². The van der Waals surface area contributed by atoms with Crippen LogP contribution in [0.1, 0.15) is 33.1 Å². The summed E-state index contributed by atoms with van der Waals surface area (Å²) in [5, 5.41) is 8.87. The summed E-state index contributed by atoms with van der Waals surface area (Å²) in [5.74, 6) is 1.27. The SMILES string of the molecule is COc1ccccc1-n1cnnc1SCC(=O)N1[C@H](C)CCC[C@@H]1C. The number of hydrogen-bond acceptors (Lipinski definition) is 5. The maximum Gasteiger partial charge on any atom is 0.233 e. The van der Waals surface area contributed by atoms with Gasteiger partial charge in [0, 0.05) is 12.1 Å². The highest BCUT2D eigenvalue weighted by molar-refractivity contribution is 7.99. The first-order chi connectivity index (χ1) is 12.1. The number of piperidine rings is 1. The minimum Gasteiger partial charge on any atom is -0.495 e. The Kier molecular flexibility index (Phi) is 5.63. The average molecular weight is 360 g/mol. The molecule has 1 aromatic carbocycles. The molecule has 1 aliphatic rings. The van der Waals surface area contributed by atoms with Crippen LogP contribution in [0.25, 0.3) is 5.69 Å². The van der Waals surface area contributed by atoms with Gasteiger partial charge >= 0.3 is 0 Å². The van der Waals surface area contributed by atoms with Crippen LogP contribution in [0.5, 0.6) is 5.75 Å². The number of para-hydroxylation sites is 2. The van der Waals surface area contributed by atoms with Crippen molar-refractivity contribution in [1.29, 1.82) is 0 Å². The van der Waals surface area contributed by atoms with Gasteiger partial charge in [-0.3, -0.25) is 9.36 Å². The number of rotatable bonds is 5. The van der Waals surface area contributed by atoms with Crippen LogP contribution in [0.2, 0.25) is 0 Å². The number of ether oxygens (including phenoxy) is 1. The predicted molar refractivity (Wildman–Crippen MR) is 98.3 cm³/mol. The summed E-state index contributed by atoms with van der Waals surface area (Å²) in [6.45, 7) is 4.27. The van der Waals surface area contributed by atoms with E-state index in [2.05, 4.69) is 24.0 Å². The monoisotopic (exact) mass is 360 g/mol. The summed E-state index contributed by atoms with van der Waals surface area (Å²) in [5.41, 5.74) is 0.865. The van der Waals surface area contributed by atoms with Crippen molar-refractivity contribution in [2.75, 3.05) is 12.9 Å². The Hall–Kier alpha value is -2.02. The van der Waals surface area contributed by atoms with Crippen molar-refractivity contribution in [3.8, 4) is 11.4 Å². The summed E-state index contributed by atoms with van der Waals surface area (Å²) in [4.78, 5) is 14.7. The van der Waals surface area contributed by atoms with Gasteiger partial charge in [-0.2, -0.15) is 0 Å². The lowest BCUT2D eigenvalue weighted by atomic mass is 9.98. The predicted octanol–water partition coefficient (Wildman–Crippen LogP) is 3.16. The first kappa shape index (κ1) is 17.8. The van der Waals surface area contributed by atoms with Gasteiger partial charge in [0.2, 0.25) is 5.91 Å². The molecular weight excluding hydrogens is 336 g/mol. The van der Waals surface area contributed by atoms with Crippen LogP contribution >= 0.6 is 11.8 Å². The van der Waals surface area contributed by atoms with E-state index < -0.39 is 0 Å². The van der Waals surface area contributed by atoms with E-state index in [1.807, 2.05) is 33.7 Å². The smallest absolute Gasteiger partial charge is 0.233 e. The third kappa shape index (κ3) is 3.81. The van der Waals surface area contributed by atoms with Gasteiger partial charge in [0.1, 0.15) is 12.1 Å². The first-order valence-corrected chi connectivity index (χ1v) is 9.57. The van der Waals surface area contributed by atoms with Crippen LogP contribution in [-0.4, -0.2) is 50.5 Å². The lowest BCUT2D eigenvalue weighted by molar-refractivity contribution is -0.134. The summed E-state index contributed by atoms with van der Waals surface area (Å²) in [6, 6.07) is 8.32. The summed E-state index contributed by atoms with van der Waals surface area (Å²) in [7, 11) is 1.64. The van der Waals surface area contributed by atoms with E-state index in [1.54, 1.807) is 13.4 Å².